The van der Waals surface area contributed by atoms with Crippen molar-refractivity contribution in [2.45, 2.75) is 4.90 Å². The number of hydrogen-bond donors (Lipinski definition) is 1. The monoisotopic (exact) mass is 375 g/mol. The summed E-state index contributed by atoms with van der Waals surface area (Å²) in [5, 5.41) is 14.1. The van der Waals surface area contributed by atoms with E-state index >= 15 is 0 Å². The molecular weight excluding hydrogens is 369 g/mol. The van der Waals surface area contributed by atoms with E-state index in [1.807, 2.05) is 0 Å². The molecule has 0 aromatic heterocycles. The van der Waals surface area contributed by atoms with E-state index in [0.717, 1.165) is 0 Å². The van der Waals surface area contributed by atoms with Crippen LogP contribution < -0.4 is 9.47 Å². The van der Waals surface area contributed by atoms with Crippen molar-refractivity contribution in [2.75, 3.05) is 6.79 Å². The zero-order valence-electron chi connectivity index (χ0n) is 10.8. The first-order chi connectivity index (χ1) is 10.6. The molecule has 2 aromatic rings. The SMILES string of the molecule is O/N=C(/Sc1cc(Cl)c(Cl)cc1Cl)c1ccc2c(c1)OCO2. The van der Waals surface area contributed by atoms with Gasteiger partial charge in [0.15, 0.2) is 11.5 Å². The number of benzene rings is 2. The van der Waals surface area contributed by atoms with Crippen LogP contribution in [0.3, 0.4) is 0 Å². The summed E-state index contributed by atoms with van der Waals surface area (Å²) >= 11 is 19.2. The molecule has 0 aliphatic carbocycles. The summed E-state index contributed by atoms with van der Waals surface area (Å²) in [6.45, 7) is 0.177. The van der Waals surface area contributed by atoms with Crippen LogP contribution >= 0.6 is 46.6 Å². The minimum atomic E-state index is 0.177. The summed E-state index contributed by atoms with van der Waals surface area (Å²) in [7, 11) is 0. The van der Waals surface area contributed by atoms with Crippen LogP contribution in [0.2, 0.25) is 15.1 Å². The lowest BCUT2D eigenvalue weighted by Gasteiger charge is -2.08. The number of ether oxygens (including phenoxy) is 2. The van der Waals surface area contributed by atoms with Crippen LogP contribution in [0.4, 0.5) is 0 Å². The van der Waals surface area contributed by atoms with Crippen molar-refractivity contribution in [3.05, 3.63) is 51.0 Å². The molecule has 1 heterocycles. The molecule has 4 nitrogen and oxygen atoms in total. The molecule has 1 aliphatic heterocycles. The van der Waals surface area contributed by atoms with Crippen molar-refractivity contribution in [1.29, 1.82) is 0 Å². The van der Waals surface area contributed by atoms with Gasteiger partial charge in [0.1, 0.15) is 5.04 Å². The molecule has 3 rings (SSSR count). The van der Waals surface area contributed by atoms with Gasteiger partial charge in [-0.1, -0.05) is 51.7 Å². The second kappa shape index (κ2) is 6.46. The Labute approximate surface area is 145 Å². The number of fused-ring (bicyclic) bond motifs is 1. The molecule has 0 radical (unpaired) electrons. The highest BCUT2D eigenvalue weighted by Crippen LogP contribution is 2.38. The van der Waals surface area contributed by atoms with E-state index in [0.29, 0.717) is 42.1 Å². The normalized spacial score (nSPS) is 13.5. The van der Waals surface area contributed by atoms with Gasteiger partial charge >= 0.3 is 0 Å². The number of hydrogen-bond acceptors (Lipinski definition) is 5. The molecule has 0 bridgehead atoms. The topological polar surface area (TPSA) is 51.1 Å². The molecule has 0 saturated carbocycles. The predicted molar refractivity (Wildman–Crippen MR) is 88.2 cm³/mol. The van der Waals surface area contributed by atoms with Crippen molar-refractivity contribution in [3.63, 3.8) is 0 Å². The maximum absolute atomic E-state index is 9.30. The molecule has 114 valence electrons. The van der Waals surface area contributed by atoms with Crippen molar-refractivity contribution in [3.8, 4) is 11.5 Å². The molecule has 0 unspecified atom stereocenters. The molecule has 0 spiro atoms. The third-order valence-electron chi connectivity index (χ3n) is 2.89. The fourth-order valence-corrected chi connectivity index (χ4v) is 3.41. The second-order valence-electron chi connectivity index (χ2n) is 4.27. The lowest BCUT2D eigenvalue weighted by atomic mass is 10.2. The third-order valence-corrected chi connectivity index (χ3v) is 5.11. The molecule has 0 fully saturated rings. The molecule has 2 aromatic carbocycles. The van der Waals surface area contributed by atoms with Crippen LogP contribution in [0.15, 0.2) is 40.4 Å². The standard InChI is InChI=1S/C14H8Cl3NO3S/c15-8-4-10(17)13(5-9(8)16)22-14(18-19)7-1-2-11-12(3-7)21-6-20-11/h1-5,19H,6H2/b18-14+. The summed E-state index contributed by atoms with van der Waals surface area (Å²) in [4.78, 5) is 0.626. The van der Waals surface area contributed by atoms with Gasteiger partial charge in [0, 0.05) is 10.5 Å². The molecule has 22 heavy (non-hydrogen) atoms. The van der Waals surface area contributed by atoms with Crippen molar-refractivity contribution < 1.29 is 14.7 Å². The average molecular weight is 377 g/mol. The molecule has 1 aliphatic rings. The quantitative estimate of drug-likeness (QED) is 0.193. The van der Waals surface area contributed by atoms with E-state index in [9.17, 15) is 5.21 Å². The van der Waals surface area contributed by atoms with E-state index in [4.69, 9.17) is 44.3 Å². The van der Waals surface area contributed by atoms with Crippen LogP contribution in [0.25, 0.3) is 0 Å². The molecule has 0 atom stereocenters. The minimum Gasteiger partial charge on any atom is -0.454 e. The summed E-state index contributed by atoms with van der Waals surface area (Å²) in [5.41, 5.74) is 0.666. The second-order valence-corrected chi connectivity index (χ2v) is 6.52. The molecule has 0 saturated heterocycles. The number of rotatable bonds is 2. The Morgan fingerprint density at radius 2 is 1.73 bits per heavy atom. The molecular formula is C14H8Cl3NO3S. The van der Waals surface area contributed by atoms with Gasteiger partial charge in [0.05, 0.1) is 15.1 Å². The smallest absolute Gasteiger partial charge is 0.231 e. The number of nitrogens with zero attached hydrogens (tertiary/aromatic N) is 1. The summed E-state index contributed by atoms with van der Waals surface area (Å²) in [6.07, 6.45) is 0. The lowest BCUT2D eigenvalue weighted by molar-refractivity contribution is 0.174. The van der Waals surface area contributed by atoms with Gasteiger partial charge in [-0.25, -0.2) is 0 Å². The molecule has 8 heteroatoms. The Hall–Kier alpha value is -1.27. The van der Waals surface area contributed by atoms with E-state index < -0.39 is 0 Å². The zero-order chi connectivity index (χ0) is 15.7. The third kappa shape index (κ3) is 3.08. The highest BCUT2D eigenvalue weighted by Gasteiger charge is 2.17. The van der Waals surface area contributed by atoms with Gasteiger partial charge in [-0.3, -0.25) is 0 Å². The Balaban J connectivity index is 1.91. The van der Waals surface area contributed by atoms with E-state index in [-0.39, 0.29) is 6.79 Å². The molecule has 1 N–H and O–H groups in total. The van der Waals surface area contributed by atoms with Crippen molar-refractivity contribution >= 4 is 51.6 Å². The summed E-state index contributed by atoms with van der Waals surface area (Å²) in [6, 6.07) is 8.41. The number of halogens is 3. The van der Waals surface area contributed by atoms with Gasteiger partial charge in [-0.05, 0) is 30.3 Å². The van der Waals surface area contributed by atoms with E-state index in [1.54, 1.807) is 30.3 Å². The van der Waals surface area contributed by atoms with Crippen LogP contribution in [0, 0.1) is 0 Å². The zero-order valence-corrected chi connectivity index (χ0v) is 13.9. The highest BCUT2D eigenvalue weighted by atomic mass is 35.5. The Kier molecular flexibility index (Phi) is 4.59. The van der Waals surface area contributed by atoms with Crippen LogP contribution in [0.1, 0.15) is 5.56 Å². The van der Waals surface area contributed by atoms with Gasteiger partial charge in [-0.15, -0.1) is 0 Å². The van der Waals surface area contributed by atoms with Gasteiger partial charge in [-0.2, -0.15) is 0 Å². The lowest BCUT2D eigenvalue weighted by Crippen LogP contribution is -1.96. The Morgan fingerprint density at radius 3 is 2.50 bits per heavy atom. The van der Waals surface area contributed by atoms with Gasteiger partial charge in [0.2, 0.25) is 6.79 Å². The predicted octanol–water partition coefficient (Wildman–Crippen LogP) is 5.30. The van der Waals surface area contributed by atoms with Crippen molar-refractivity contribution in [1.82, 2.24) is 0 Å². The van der Waals surface area contributed by atoms with E-state index in [2.05, 4.69) is 5.16 Å². The first-order valence-electron chi connectivity index (χ1n) is 6.03. The first kappa shape index (κ1) is 15.6. The fraction of sp³-hybridized carbons (Fsp3) is 0.0714. The minimum absolute atomic E-state index is 0.177. The maximum atomic E-state index is 9.30. The Morgan fingerprint density at radius 1 is 1.00 bits per heavy atom. The summed E-state index contributed by atoms with van der Waals surface area (Å²) in [5.74, 6) is 1.25. The largest absolute Gasteiger partial charge is 0.454 e. The summed E-state index contributed by atoms with van der Waals surface area (Å²) < 4.78 is 10.6. The van der Waals surface area contributed by atoms with Gasteiger partial charge < -0.3 is 14.7 Å². The number of oxime groups is 1. The Bertz CT molecular complexity index is 767. The van der Waals surface area contributed by atoms with Crippen LogP contribution in [-0.4, -0.2) is 17.0 Å². The van der Waals surface area contributed by atoms with Crippen LogP contribution in [0.5, 0.6) is 11.5 Å². The van der Waals surface area contributed by atoms with Crippen LogP contribution in [-0.2, 0) is 0 Å². The van der Waals surface area contributed by atoms with E-state index in [1.165, 1.54) is 11.8 Å². The molecule has 0 amide bonds. The first-order valence-corrected chi connectivity index (χ1v) is 7.98. The maximum Gasteiger partial charge on any atom is 0.231 e. The number of thioether (sulfide) groups is 1. The highest BCUT2D eigenvalue weighted by molar-refractivity contribution is 8.14. The fourth-order valence-electron chi connectivity index (χ4n) is 1.85. The van der Waals surface area contributed by atoms with Crippen molar-refractivity contribution in [2.24, 2.45) is 5.16 Å². The average Bonchev–Trinajstić information content (AvgIpc) is 2.97. The van der Waals surface area contributed by atoms with Gasteiger partial charge in [0.25, 0.3) is 0 Å².